The first-order valence-corrected chi connectivity index (χ1v) is 5.73. The molecule has 0 fully saturated rings. The van der Waals surface area contributed by atoms with Crippen LogP contribution in [0.25, 0.3) is 0 Å². The topological polar surface area (TPSA) is 55.6 Å². The van der Waals surface area contributed by atoms with E-state index in [1.54, 1.807) is 12.0 Å². The van der Waals surface area contributed by atoms with Crippen molar-refractivity contribution in [3.05, 3.63) is 0 Å². The zero-order valence-electron chi connectivity index (χ0n) is 10.00. The summed E-state index contributed by atoms with van der Waals surface area (Å²) in [7, 11) is 1.64. The summed E-state index contributed by atoms with van der Waals surface area (Å²) in [5, 5.41) is 0. The first-order valence-electron chi connectivity index (χ1n) is 5.73. The molecule has 4 heteroatoms. The van der Waals surface area contributed by atoms with Gasteiger partial charge in [0.25, 0.3) is 0 Å². The van der Waals surface area contributed by atoms with Gasteiger partial charge in [-0.05, 0) is 6.42 Å². The molecular weight excluding hydrogens is 192 g/mol. The van der Waals surface area contributed by atoms with Crippen LogP contribution in [0.5, 0.6) is 0 Å². The number of ether oxygens (including phenoxy) is 1. The van der Waals surface area contributed by atoms with Gasteiger partial charge in [-0.15, -0.1) is 0 Å². The number of rotatable bonds is 9. The zero-order chi connectivity index (χ0) is 11.5. The van der Waals surface area contributed by atoms with Crippen molar-refractivity contribution in [2.24, 2.45) is 5.73 Å². The number of unbranched alkanes of at least 4 members (excludes halogenated alkanes) is 2. The van der Waals surface area contributed by atoms with E-state index in [0.29, 0.717) is 32.7 Å². The second-order valence-corrected chi connectivity index (χ2v) is 3.62. The molecule has 0 spiro atoms. The van der Waals surface area contributed by atoms with Crippen LogP contribution >= 0.6 is 0 Å². The van der Waals surface area contributed by atoms with Crippen molar-refractivity contribution in [2.75, 3.05) is 33.4 Å². The Kier molecular flexibility index (Phi) is 9.52. The summed E-state index contributed by atoms with van der Waals surface area (Å²) in [6.45, 7) is 4.52. The molecule has 0 aliphatic carbocycles. The summed E-state index contributed by atoms with van der Waals surface area (Å²) < 4.78 is 4.96. The lowest BCUT2D eigenvalue weighted by atomic mass is 10.2. The predicted octanol–water partition coefficient (Wildman–Crippen LogP) is 1.00. The molecule has 0 aliphatic heterocycles. The quantitative estimate of drug-likeness (QED) is 0.585. The molecule has 0 aliphatic rings. The van der Waals surface area contributed by atoms with Gasteiger partial charge in [-0.1, -0.05) is 19.8 Å². The Morgan fingerprint density at radius 2 is 2.07 bits per heavy atom. The Bertz CT molecular complexity index is 163. The highest BCUT2D eigenvalue weighted by atomic mass is 16.5. The van der Waals surface area contributed by atoms with Crippen LogP contribution in [0.2, 0.25) is 0 Å². The lowest BCUT2D eigenvalue weighted by Crippen LogP contribution is -2.37. The minimum Gasteiger partial charge on any atom is -0.383 e. The van der Waals surface area contributed by atoms with Gasteiger partial charge < -0.3 is 15.4 Å². The minimum atomic E-state index is 0.200. The van der Waals surface area contributed by atoms with E-state index in [4.69, 9.17) is 10.5 Å². The van der Waals surface area contributed by atoms with Crippen molar-refractivity contribution in [3.63, 3.8) is 0 Å². The van der Waals surface area contributed by atoms with Gasteiger partial charge in [0.05, 0.1) is 6.61 Å². The molecule has 0 unspecified atom stereocenters. The maximum absolute atomic E-state index is 11.7. The molecule has 4 nitrogen and oxygen atoms in total. The van der Waals surface area contributed by atoms with Crippen LogP contribution < -0.4 is 5.73 Å². The maximum atomic E-state index is 11.7. The largest absolute Gasteiger partial charge is 0.383 e. The van der Waals surface area contributed by atoms with Gasteiger partial charge in [0.2, 0.25) is 5.91 Å². The van der Waals surface area contributed by atoms with Crippen LogP contribution in [-0.2, 0) is 9.53 Å². The average molecular weight is 216 g/mol. The van der Waals surface area contributed by atoms with E-state index in [2.05, 4.69) is 6.92 Å². The van der Waals surface area contributed by atoms with Gasteiger partial charge in [-0.3, -0.25) is 4.79 Å². The van der Waals surface area contributed by atoms with Crippen LogP contribution in [0.4, 0.5) is 0 Å². The Morgan fingerprint density at radius 1 is 1.33 bits per heavy atom. The van der Waals surface area contributed by atoms with Crippen molar-refractivity contribution in [1.82, 2.24) is 4.90 Å². The van der Waals surface area contributed by atoms with Gasteiger partial charge in [-0.25, -0.2) is 0 Å². The number of carbonyl (C=O) groups excluding carboxylic acids is 1. The highest BCUT2D eigenvalue weighted by molar-refractivity contribution is 5.76. The van der Waals surface area contributed by atoms with Crippen molar-refractivity contribution >= 4 is 5.91 Å². The number of nitrogens with zero attached hydrogens (tertiary/aromatic N) is 1. The molecule has 0 radical (unpaired) electrons. The number of nitrogens with two attached hydrogens (primary N) is 1. The molecule has 0 bridgehead atoms. The lowest BCUT2D eigenvalue weighted by molar-refractivity contribution is -0.131. The van der Waals surface area contributed by atoms with E-state index in [1.807, 2.05) is 0 Å². The van der Waals surface area contributed by atoms with E-state index in [-0.39, 0.29) is 5.91 Å². The summed E-state index contributed by atoms with van der Waals surface area (Å²) in [5.41, 5.74) is 5.46. The fraction of sp³-hybridized carbons (Fsp3) is 0.909. The molecule has 0 saturated carbocycles. The summed E-state index contributed by atoms with van der Waals surface area (Å²) in [6.07, 6.45) is 3.87. The van der Waals surface area contributed by atoms with E-state index < -0.39 is 0 Å². The van der Waals surface area contributed by atoms with Crippen molar-refractivity contribution < 1.29 is 9.53 Å². The summed E-state index contributed by atoms with van der Waals surface area (Å²) >= 11 is 0. The molecule has 0 rings (SSSR count). The smallest absolute Gasteiger partial charge is 0.222 e. The van der Waals surface area contributed by atoms with E-state index >= 15 is 0 Å². The third-order valence-corrected chi connectivity index (χ3v) is 2.31. The molecule has 2 N–H and O–H groups in total. The predicted molar refractivity (Wildman–Crippen MR) is 61.7 cm³/mol. The maximum Gasteiger partial charge on any atom is 0.222 e. The zero-order valence-corrected chi connectivity index (χ0v) is 10.00. The third-order valence-electron chi connectivity index (χ3n) is 2.31. The van der Waals surface area contributed by atoms with Gasteiger partial charge in [-0.2, -0.15) is 0 Å². The molecular formula is C11H24N2O2. The highest BCUT2D eigenvalue weighted by Crippen LogP contribution is 2.02. The van der Waals surface area contributed by atoms with Gasteiger partial charge >= 0.3 is 0 Å². The highest BCUT2D eigenvalue weighted by Gasteiger charge is 2.11. The number of hydrogen-bond acceptors (Lipinski definition) is 3. The second kappa shape index (κ2) is 9.93. The molecule has 0 atom stereocenters. The number of methoxy groups -OCH3 is 1. The summed E-state index contributed by atoms with van der Waals surface area (Å²) in [4.78, 5) is 13.5. The molecule has 0 aromatic rings. The van der Waals surface area contributed by atoms with E-state index in [1.165, 1.54) is 0 Å². The van der Waals surface area contributed by atoms with Crippen molar-refractivity contribution in [2.45, 2.75) is 32.6 Å². The molecule has 0 saturated heterocycles. The SMILES string of the molecule is CCCCCC(=O)N(CCN)CCOC. The molecule has 0 aromatic heterocycles. The molecule has 15 heavy (non-hydrogen) atoms. The van der Waals surface area contributed by atoms with Gasteiger partial charge in [0, 0.05) is 33.2 Å². The van der Waals surface area contributed by atoms with Gasteiger partial charge in [0.1, 0.15) is 0 Å². The minimum absolute atomic E-state index is 0.200. The first-order chi connectivity index (χ1) is 7.26. The van der Waals surface area contributed by atoms with Crippen LogP contribution in [0.1, 0.15) is 32.6 Å². The Labute approximate surface area is 92.8 Å². The monoisotopic (exact) mass is 216 g/mol. The summed E-state index contributed by atoms with van der Waals surface area (Å²) in [5.74, 6) is 0.200. The van der Waals surface area contributed by atoms with Crippen LogP contribution in [0.15, 0.2) is 0 Å². The number of hydrogen-bond donors (Lipinski definition) is 1. The van der Waals surface area contributed by atoms with Crippen LogP contribution in [-0.4, -0.2) is 44.2 Å². The lowest BCUT2D eigenvalue weighted by Gasteiger charge is -2.21. The summed E-state index contributed by atoms with van der Waals surface area (Å²) in [6, 6.07) is 0. The average Bonchev–Trinajstić information content (AvgIpc) is 2.24. The Morgan fingerprint density at radius 3 is 2.60 bits per heavy atom. The molecule has 90 valence electrons. The second-order valence-electron chi connectivity index (χ2n) is 3.62. The van der Waals surface area contributed by atoms with E-state index in [0.717, 1.165) is 19.3 Å². The fourth-order valence-corrected chi connectivity index (χ4v) is 1.40. The Hall–Kier alpha value is -0.610. The normalized spacial score (nSPS) is 10.3. The number of carbonyl (C=O) groups is 1. The fourth-order valence-electron chi connectivity index (χ4n) is 1.40. The number of amides is 1. The van der Waals surface area contributed by atoms with Crippen LogP contribution in [0.3, 0.4) is 0 Å². The first kappa shape index (κ1) is 14.4. The Balaban J connectivity index is 3.81. The molecule has 0 heterocycles. The standard InChI is InChI=1S/C11H24N2O2/c1-3-4-5-6-11(14)13(8-7-12)9-10-15-2/h3-10,12H2,1-2H3. The molecule has 0 aromatic carbocycles. The third kappa shape index (κ3) is 7.33. The van der Waals surface area contributed by atoms with Crippen LogP contribution in [0, 0.1) is 0 Å². The van der Waals surface area contributed by atoms with Gasteiger partial charge in [0.15, 0.2) is 0 Å². The van der Waals surface area contributed by atoms with Crippen molar-refractivity contribution in [1.29, 1.82) is 0 Å². The van der Waals surface area contributed by atoms with E-state index in [9.17, 15) is 4.79 Å². The molecule has 1 amide bonds. The van der Waals surface area contributed by atoms with Crippen molar-refractivity contribution in [3.8, 4) is 0 Å².